The Balaban J connectivity index is 2.31. The third-order valence-corrected chi connectivity index (χ3v) is 3.20. The number of hydrogen-bond donors (Lipinski definition) is 2. The number of methoxy groups -OCH3 is 1. The summed E-state index contributed by atoms with van der Waals surface area (Å²) in [5.41, 5.74) is 1.01. The topological polar surface area (TPSA) is 55.4 Å². The average molecular weight is 295 g/mol. The minimum Gasteiger partial charge on any atom is -0.468 e. The van der Waals surface area contributed by atoms with Crippen LogP contribution in [0.5, 0.6) is 0 Å². The molecule has 1 atom stereocenters. The van der Waals surface area contributed by atoms with Crippen LogP contribution < -0.4 is 5.32 Å². The van der Waals surface area contributed by atoms with E-state index in [9.17, 15) is 9.59 Å². The molecule has 0 spiro atoms. The summed E-state index contributed by atoms with van der Waals surface area (Å²) in [4.78, 5) is 23.3. The number of hydrogen-bond acceptors (Lipinski definition) is 5. The molecule has 1 rings (SSSR count). The Kier molecular flexibility index (Phi) is 7.99. The molecule has 0 fully saturated rings. The number of carbonyl (C=O) groups excluding carboxylic acids is 2. The normalized spacial score (nSPS) is 11.9. The maximum Gasteiger partial charge on any atom is 0.322 e. The van der Waals surface area contributed by atoms with Gasteiger partial charge in [-0.1, -0.05) is 30.3 Å². The molecule has 0 heterocycles. The third kappa shape index (κ3) is 6.21. The lowest BCUT2D eigenvalue weighted by Gasteiger charge is -2.15. The van der Waals surface area contributed by atoms with Crippen molar-refractivity contribution in [3.05, 3.63) is 35.9 Å². The summed E-state index contributed by atoms with van der Waals surface area (Å²) < 4.78 is 4.70. The van der Waals surface area contributed by atoms with Crippen LogP contribution in [0, 0.1) is 0 Å². The molecule has 1 aromatic carbocycles. The highest BCUT2D eigenvalue weighted by atomic mass is 32.1. The largest absolute Gasteiger partial charge is 0.468 e. The van der Waals surface area contributed by atoms with Crippen molar-refractivity contribution in [2.75, 3.05) is 19.4 Å². The monoisotopic (exact) mass is 295 g/mol. The van der Waals surface area contributed by atoms with Crippen LogP contribution in [0.25, 0.3) is 0 Å². The average Bonchev–Trinajstić information content (AvgIpc) is 2.46. The van der Waals surface area contributed by atoms with E-state index in [1.807, 2.05) is 30.3 Å². The van der Waals surface area contributed by atoms with Gasteiger partial charge in [0, 0.05) is 19.4 Å². The molecule has 4 nitrogen and oxygen atoms in total. The van der Waals surface area contributed by atoms with Crippen molar-refractivity contribution in [3.8, 4) is 0 Å². The molecule has 0 aliphatic rings. The van der Waals surface area contributed by atoms with Gasteiger partial charge in [0.1, 0.15) is 11.8 Å². The van der Waals surface area contributed by atoms with Gasteiger partial charge >= 0.3 is 5.97 Å². The summed E-state index contributed by atoms with van der Waals surface area (Å²) in [6, 6.07) is 9.24. The zero-order chi connectivity index (χ0) is 14.8. The molecule has 5 heteroatoms. The summed E-state index contributed by atoms with van der Waals surface area (Å²) in [6.45, 7) is 0.471. The van der Waals surface area contributed by atoms with Crippen molar-refractivity contribution in [2.24, 2.45) is 0 Å². The van der Waals surface area contributed by atoms with Crippen LogP contribution in [0.2, 0.25) is 0 Å². The van der Waals surface area contributed by atoms with E-state index in [1.54, 1.807) is 0 Å². The summed E-state index contributed by atoms with van der Waals surface area (Å²) in [5, 5.41) is 3.04. The number of esters is 1. The van der Waals surface area contributed by atoms with Crippen LogP contribution in [-0.4, -0.2) is 37.2 Å². The van der Waals surface area contributed by atoms with Gasteiger partial charge < -0.3 is 10.1 Å². The summed E-state index contributed by atoms with van der Waals surface area (Å²) >= 11 is 4.11. The van der Waals surface area contributed by atoms with E-state index < -0.39 is 0 Å². The Hall–Kier alpha value is -1.33. The van der Waals surface area contributed by atoms with Crippen molar-refractivity contribution in [3.63, 3.8) is 0 Å². The highest BCUT2D eigenvalue weighted by Crippen LogP contribution is 2.02. The molecule has 0 saturated heterocycles. The van der Waals surface area contributed by atoms with E-state index in [0.29, 0.717) is 31.6 Å². The highest BCUT2D eigenvalue weighted by Gasteiger charge is 2.17. The second kappa shape index (κ2) is 9.55. The maximum atomic E-state index is 11.8. The fourth-order valence-electron chi connectivity index (χ4n) is 1.87. The standard InChI is InChI=1S/C15H21NO3S/c1-19-15(18)14(8-10-20)16-9-7-13(17)11-12-5-3-2-4-6-12/h2-6,14,16,20H,7-11H2,1H3/t14-/m0/s1. The van der Waals surface area contributed by atoms with Crippen molar-refractivity contribution in [1.29, 1.82) is 0 Å². The Morgan fingerprint density at radius 1 is 1.30 bits per heavy atom. The number of carbonyl (C=O) groups is 2. The van der Waals surface area contributed by atoms with Gasteiger partial charge in [0.25, 0.3) is 0 Å². The van der Waals surface area contributed by atoms with E-state index in [-0.39, 0.29) is 17.8 Å². The van der Waals surface area contributed by atoms with Crippen molar-refractivity contribution in [1.82, 2.24) is 5.32 Å². The zero-order valence-corrected chi connectivity index (χ0v) is 12.6. The van der Waals surface area contributed by atoms with Crippen molar-refractivity contribution in [2.45, 2.75) is 25.3 Å². The molecule has 0 aromatic heterocycles. The number of ether oxygens (including phenoxy) is 1. The Morgan fingerprint density at radius 3 is 2.60 bits per heavy atom. The predicted octanol–water partition coefficient (Wildman–Crippen LogP) is 1.64. The SMILES string of the molecule is COC(=O)[C@H](CCS)NCCC(=O)Cc1ccccc1. The Morgan fingerprint density at radius 2 is 2.00 bits per heavy atom. The first kappa shape index (κ1) is 16.7. The molecule has 1 aromatic rings. The van der Waals surface area contributed by atoms with Crippen molar-refractivity contribution >= 4 is 24.4 Å². The van der Waals surface area contributed by atoms with Gasteiger partial charge in [0.15, 0.2) is 0 Å². The maximum absolute atomic E-state index is 11.8. The minimum atomic E-state index is -0.387. The first-order valence-corrected chi connectivity index (χ1v) is 7.28. The van der Waals surface area contributed by atoms with Gasteiger partial charge in [-0.05, 0) is 17.7 Å². The number of Topliss-reactive ketones (excluding diaryl/α,β-unsaturated/α-hetero) is 1. The number of benzene rings is 1. The van der Waals surface area contributed by atoms with Crippen LogP contribution in [0.4, 0.5) is 0 Å². The van der Waals surface area contributed by atoms with E-state index in [2.05, 4.69) is 17.9 Å². The molecule has 20 heavy (non-hydrogen) atoms. The molecule has 0 unspecified atom stereocenters. The van der Waals surface area contributed by atoms with Crippen LogP contribution in [0.15, 0.2) is 30.3 Å². The molecular formula is C15H21NO3S. The summed E-state index contributed by atoms with van der Waals surface area (Å²) in [6.07, 6.45) is 1.41. The molecule has 0 saturated carbocycles. The van der Waals surface area contributed by atoms with E-state index in [0.717, 1.165) is 5.56 Å². The van der Waals surface area contributed by atoms with E-state index >= 15 is 0 Å². The molecule has 0 aliphatic carbocycles. The smallest absolute Gasteiger partial charge is 0.322 e. The van der Waals surface area contributed by atoms with Gasteiger partial charge in [0.2, 0.25) is 0 Å². The zero-order valence-electron chi connectivity index (χ0n) is 11.7. The quantitative estimate of drug-likeness (QED) is 0.537. The first-order valence-electron chi connectivity index (χ1n) is 6.65. The number of thiol groups is 1. The lowest BCUT2D eigenvalue weighted by atomic mass is 10.1. The fraction of sp³-hybridized carbons (Fsp3) is 0.467. The second-order valence-corrected chi connectivity index (χ2v) is 4.94. The van der Waals surface area contributed by atoms with Gasteiger partial charge in [-0.3, -0.25) is 9.59 Å². The van der Waals surface area contributed by atoms with Gasteiger partial charge in [-0.15, -0.1) is 0 Å². The molecule has 110 valence electrons. The van der Waals surface area contributed by atoms with E-state index in [4.69, 9.17) is 4.74 Å². The lowest BCUT2D eigenvalue weighted by molar-refractivity contribution is -0.143. The molecule has 0 bridgehead atoms. The van der Waals surface area contributed by atoms with Crippen LogP contribution >= 0.6 is 12.6 Å². The number of nitrogens with one attached hydrogen (secondary N) is 1. The van der Waals surface area contributed by atoms with Crippen LogP contribution in [-0.2, 0) is 20.7 Å². The van der Waals surface area contributed by atoms with Gasteiger partial charge in [-0.2, -0.15) is 12.6 Å². The summed E-state index contributed by atoms with van der Waals surface area (Å²) in [5.74, 6) is 0.429. The van der Waals surface area contributed by atoms with Crippen LogP contribution in [0.3, 0.4) is 0 Å². The summed E-state index contributed by atoms with van der Waals surface area (Å²) in [7, 11) is 1.36. The minimum absolute atomic E-state index is 0.151. The fourth-order valence-corrected chi connectivity index (χ4v) is 2.13. The van der Waals surface area contributed by atoms with Gasteiger partial charge in [0.05, 0.1) is 7.11 Å². The number of rotatable bonds is 9. The molecule has 0 aliphatic heterocycles. The Bertz CT molecular complexity index is 422. The van der Waals surface area contributed by atoms with Gasteiger partial charge in [-0.25, -0.2) is 0 Å². The predicted molar refractivity (Wildman–Crippen MR) is 82.0 cm³/mol. The first-order chi connectivity index (χ1) is 9.67. The molecule has 0 amide bonds. The number of ketones is 1. The lowest BCUT2D eigenvalue weighted by Crippen LogP contribution is -2.39. The van der Waals surface area contributed by atoms with E-state index in [1.165, 1.54) is 7.11 Å². The van der Waals surface area contributed by atoms with Crippen molar-refractivity contribution < 1.29 is 14.3 Å². The molecule has 1 N–H and O–H groups in total. The highest BCUT2D eigenvalue weighted by molar-refractivity contribution is 7.80. The molecule has 0 radical (unpaired) electrons. The van der Waals surface area contributed by atoms with Crippen LogP contribution in [0.1, 0.15) is 18.4 Å². The Labute approximate surface area is 125 Å². The second-order valence-electron chi connectivity index (χ2n) is 4.49. The third-order valence-electron chi connectivity index (χ3n) is 2.94. The molecular weight excluding hydrogens is 274 g/mol.